The minimum atomic E-state index is -2.79. The number of esters is 1. The molecular formula is C29H34BrClN4O10. The summed E-state index contributed by atoms with van der Waals surface area (Å²) in [5, 5.41) is 48.3. The highest BCUT2D eigenvalue weighted by atomic mass is 79.9. The summed E-state index contributed by atoms with van der Waals surface area (Å²) in [5.41, 5.74) is 1.42. The van der Waals surface area contributed by atoms with Crippen LogP contribution in [0.25, 0.3) is 5.76 Å². The van der Waals surface area contributed by atoms with Crippen LogP contribution in [0.3, 0.4) is 0 Å². The number of phenolic OH excluding ortho intramolecular Hbond substituents is 1. The maximum absolute atomic E-state index is 14.1. The number of aliphatic hydroxyl groups excluding tert-OH is 2. The van der Waals surface area contributed by atoms with Gasteiger partial charge in [0.05, 0.1) is 34.3 Å². The topological polar surface area (TPSA) is 220 Å². The van der Waals surface area contributed by atoms with Crippen molar-refractivity contribution in [2.24, 2.45) is 17.6 Å². The van der Waals surface area contributed by atoms with Crippen LogP contribution in [-0.2, 0) is 35.1 Å². The van der Waals surface area contributed by atoms with E-state index in [2.05, 4.69) is 26.0 Å². The molecule has 1 fully saturated rings. The van der Waals surface area contributed by atoms with Crippen LogP contribution in [-0.4, -0.2) is 106 Å². The summed E-state index contributed by atoms with van der Waals surface area (Å²) in [5.74, 6) is -9.22. The van der Waals surface area contributed by atoms with Crippen molar-refractivity contribution in [2.75, 3.05) is 45.5 Å². The summed E-state index contributed by atoms with van der Waals surface area (Å²) < 4.78 is 4.60. The van der Waals surface area contributed by atoms with E-state index in [0.29, 0.717) is 11.3 Å². The molecule has 244 valence electrons. The molecular weight excluding hydrogens is 680 g/mol. The van der Waals surface area contributed by atoms with Crippen molar-refractivity contribution in [3.8, 4) is 5.75 Å². The number of rotatable bonds is 8. The van der Waals surface area contributed by atoms with Crippen molar-refractivity contribution in [1.82, 2.24) is 4.90 Å². The van der Waals surface area contributed by atoms with Crippen molar-refractivity contribution < 1.29 is 49.1 Å². The summed E-state index contributed by atoms with van der Waals surface area (Å²) in [6, 6.07) is -1.22. The lowest BCUT2D eigenvalue weighted by Crippen LogP contribution is -2.65. The van der Waals surface area contributed by atoms with E-state index in [0.717, 1.165) is 0 Å². The Balaban J connectivity index is 1.90. The minimum absolute atomic E-state index is 0.00373. The second-order valence-corrected chi connectivity index (χ2v) is 13.2. The maximum Gasteiger partial charge on any atom is 0.305 e. The van der Waals surface area contributed by atoms with Gasteiger partial charge in [-0.2, -0.15) is 0 Å². The quantitative estimate of drug-likeness (QED) is 0.0973. The number of aliphatic hydroxyl groups is 3. The van der Waals surface area contributed by atoms with Gasteiger partial charge in [-0.05, 0) is 44.8 Å². The number of halogens is 2. The third-order valence-electron chi connectivity index (χ3n) is 8.61. The van der Waals surface area contributed by atoms with Gasteiger partial charge in [0.15, 0.2) is 17.1 Å². The van der Waals surface area contributed by atoms with E-state index < -0.39 is 80.5 Å². The number of ether oxygens (including phenoxy) is 1. The Labute approximate surface area is 271 Å². The lowest BCUT2D eigenvalue weighted by Gasteiger charge is -2.50. The lowest BCUT2D eigenvalue weighted by atomic mass is 9.57. The van der Waals surface area contributed by atoms with Crippen LogP contribution < -0.4 is 16.0 Å². The van der Waals surface area contributed by atoms with Gasteiger partial charge < -0.3 is 41.1 Å². The van der Waals surface area contributed by atoms with Crippen molar-refractivity contribution >= 4 is 74.0 Å². The zero-order chi connectivity index (χ0) is 33.9. The molecule has 3 unspecified atom stereocenters. The number of phenols is 1. The number of hydrogen-bond acceptors (Lipinski definition) is 12. The van der Waals surface area contributed by atoms with E-state index in [1.165, 1.54) is 26.1 Å². The van der Waals surface area contributed by atoms with Gasteiger partial charge in [-0.1, -0.05) is 27.5 Å². The molecule has 1 aromatic carbocycles. The molecule has 2 amide bonds. The standard InChI is InChI=1S/C29H34BrClN4O10/c1-34(2)20-11-8-10-9-12-21(35(3)4)24(39)17(27(32)42)26(41)29(12,44)25(40)15(10)22(37)16(11)23(38)19(18(20)31)33-28(43)13(30)6-7-14(36)45-5/h10,12-13,21,37-38,41,44H,6-9H2,1-5H3,(H2,32,42)(H,33,43)/t10?,12?,13?,21-,29-/m0/s1. The fourth-order valence-electron chi connectivity index (χ4n) is 6.59. The molecule has 0 radical (unpaired) electrons. The smallest absolute Gasteiger partial charge is 0.305 e. The molecule has 5 atom stereocenters. The molecule has 14 nitrogen and oxygen atoms in total. The van der Waals surface area contributed by atoms with Gasteiger partial charge in [0.2, 0.25) is 11.7 Å². The van der Waals surface area contributed by atoms with E-state index in [9.17, 15) is 44.4 Å². The SMILES string of the molecule is COC(=O)CCC(Br)C(=O)Nc1c(O)c2c(c(N(C)C)c1Cl)CC1CC3[C@H](N(C)C)C(=O)C(C(N)=O)=C(O)[C@@]3(O)C(=O)C1=C2O. The number of amides is 2. The number of nitrogens with two attached hydrogens (primary N) is 1. The van der Waals surface area contributed by atoms with E-state index in [-0.39, 0.29) is 47.5 Å². The van der Waals surface area contributed by atoms with Crippen molar-refractivity contribution in [3.05, 3.63) is 33.1 Å². The summed E-state index contributed by atoms with van der Waals surface area (Å²) in [7, 11) is 7.52. The highest BCUT2D eigenvalue weighted by molar-refractivity contribution is 9.10. The van der Waals surface area contributed by atoms with Crippen LogP contribution in [0, 0.1) is 11.8 Å². The van der Waals surface area contributed by atoms with Crippen LogP contribution in [0.4, 0.5) is 11.4 Å². The molecule has 16 heteroatoms. The van der Waals surface area contributed by atoms with Gasteiger partial charge in [0, 0.05) is 32.0 Å². The van der Waals surface area contributed by atoms with Crippen LogP contribution in [0.2, 0.25) is 5.02 Å². The first-order chi connectivity index (χ1) is 20.9. The molecule has 0 saturated heterocycles. The van der Waals surface area contributed by atoms with Gasteiger partial charge >= 0.3 is 5.97 Å². The maximum atomic E-state index is 14.1. The predicted molar refractivity (Wildman–Crippen MR) is 166 cm³/mol. The fraction of sp³-hybridized carbons (Fsp3) is 0.483. The summed E-state index contributed by atoms with van der Waals surface area (Å²) in [6.07, 6.45) is -0.120. The molecule has 3 aliphatic rings. The molecule has 0 aromatic heterocycles. The molecule has 1 aromatic rings. The third-order valence-corrected chi connectivity index (χ3v) is 9.85. The molecule has 4 rings (SSSR count). The number of carbonyl (C=O) groups excluding carboxylic acids is 5. The second kappa shape index (κ2) is 12.3. The Hall–Kier alpha value is -3.66. The third kappa shape index (κ3) is 5.34. The first kappa shape index (κ1) is 34.2. The molecule has 3 aliphatic carbocycles. The normalized spacial score (nSPS) is 25.0. The van der Waals surface area contributed by atoms with Crippen molar-refractivity contribution in [1.29, 1.82) is 0 Å². The summed E-state index contributed by atoms with van der Waals surface area (Å²) in [4.78, 5) is 66.2. The van der Waals surface area contributed by atoms with Crippen LogP contribution in [0.15, 0.2) is 16.9 Å². The molecule has 45 heavy (non-hydrogen) atoms. The number of benzene rings is 1. The number of primary amides is 1. The van der Waals surface area contributed by atoms with E-state index in [1.54, 1.807) is 19.0 Å². The monoisotopic (exact) mass is 712 g/mol. The minimum Gasteiger partial charge on any atom is -0.508 e. The van der Waals surface area contributed by atoms with Crippen LogP contribution in [0.5, 0.6) is 5.75 Å². The summed E-state index contributed by atoms with van der Waals surface area (Å²) in [6.45, 7) is 0. The van der Waals surface area contributed by atoms with Gasteiger partial charge in [-0.15, -0.1) is 0 Å². The first-order valence-electron chi connectivity index (χ1n) is 13.8. The molecule has 0 spiro atoms. The summed E-state index contributed by atoms with van der Waals surface area (Å²) >= 11 is 9.93. The number of nitrogens with zero attached hydrogens (tertiary/aromatic N) is 2. The van der Waals surface area contributed by atoms with Gasteiger partial charge in [0.25, 0.3) is 5.91 Å². The Morgan fingerprint density at radius 2 is 1.80 bits per heavy atom. The number of anilines is 2. The number of nitrogens with one attached hydrogen (secondary N) is 1. The number of fused-ring (bicyclic) bond motifs is 3. The fourth-order valence-corrected chi connectivity index (χ4v) is 7.35. The van der Waals surface area contributed by atoms with Gasteiger partial charge in [-0.3, -0.25) is 28.9 Å². The number of Topliss-reactive ketones (excluding diaryl/α,β-unsaturated/α-hetero) is 2. The number of methoxy groups -OCH3 is 1. The number of alkyl halides is 1. The molecule has 7 N–H and O–H groups in total. The Morgan fingerprint density at radius 3 is 2.33 bits per heavy atom. The average Bonchev–Trinajstić information content (AvgIpc) is 2.94. The van der Waals surface area contributed by atoms with Crippen LogP contribution >= 0.6 is 27.5 Å². The first-order valence-corrected chi connectivity index (χ1v) is 15.1. The second-order valence-electron chi connectivity index (χ2n) is 11.7. The van der Waals surface area contributed by atoms with Crippen LogP contribution in [0.1, 0.15) is 30.4 Å². The highest BCUT2D eigenvalue weighted by Gasteiger charge is 2.64. The Morgan fingerprint density at radius 1 is 1.18 bits per heavy atom. The molecule has 0 bridgehead atoms. The average molecular weight is 714 g/mol. The lowest BCUT2D eigenvalue weighted by molar-refractivity contribution is -0.153. The zero-order valence-electron chi connectivity index (χ0n) is 25.1. The Kier molecular flexibility index (Phi) is 9.33. The van der Waals surface area contributed by atoms with Gasteiger partial charge in [-0.25, -0.2) is 0 Å². The van der Waals surface area contributed by atoms with Crippen molar-refractivity contribution in [3.63, 3.8) is 0 Å². The van der Waals surface area contributed by atoms with E-state index in [1.807, 2.05) is 0 Å². The number of carbonyl (C=O) groups is 5. The number of aromatic hydroxyl groups is 1. The van der Waals surface area contributed by atoms with Crippen molar-refractivity contribution in [2.45, 2.75) is 42.2 Å². The number of ketones is 2. The van der Waals surface area contributed by atoms with E-state index >= 15 is 0 Å². The highest BCUT2D eigenvalue weighted by Crippen LogP contribution is 2.56. The Bertz CT molecular complexity index is 1590. The van der Waals surface area contributed by atoms with E-state index in [4.69, 9.17) is 17.3 Å². The molecule has 0 heterocycles. The predicted octanol–water partition coefficient (Wildman–Crippen LogP) is 1.34. The number of likely N-dealkylation sites (N-methyl/N-ethyl adjacent to an activating group) is 1. The molecule has 0 aliphatic heterocycles. The van der Waals surface area contributed by atoms with Gasteiger partial charge in [0.1, 0.15) is 22.8 Å². The largest absolute Gasteiger partial charge is 0.508 e. The number of hydrogen-bond donors (Lipinski definition) is 6. The molecule has 1 saturated carbocycles. The zero-order valence-corrected chi connectivity index (χ0v) is 27.4.